The van der Waals surface area contributed by atoms with Gasteiger partial charge in [0.15, 0.2) is 0 Å². The molecule has 0 radical (unpaired) electrons. The van der Waals surface area contributed by atoms with E-state index < -0.39 is 0 Å². The van der Waals surface area contributed by atoms with Gasteiger partial charge in [-0.1, -0.05) is 25.1 Å². The van der Waals surface area contributed by atoms with Crippen molar-refractivity contribution in [1.29, 1.82) is 0 Å². The van der Waals surface area contributed by atoms with Gasteiger partial charge in [-0.3, -0.25) is 4.68 Å². The molecule has 3 rings (SSSR count). The summed E-state index contributed by atoms with van der Waals surface area (Å²) in [5.41, 5.74) is 9.42. The minimum atomic E-state index is 0.443. The second-order valence-electron chi connectivity index (χ2n) is 5.60. The van der Waals surface area contributed by atoms with Crippen LogP contribution in [0.2, 0.25) is 0 Å². The van der Waals surface area contributed by atoms with Crippen molar-refractivity contribution >= 4 is 5.82 Å². The van der Waals surface area contributed by atoms with Crippen LogP contribution in [0.1, 0.15) is 31.4 Å². The van der Waals surface area contributed by atoms with Crippen molar-refractivity contribution in [2.75, 3.05) is 12.8 Å². The highest BCUT2D eigenvalue weighted by Crippen LogP contribution is 2.47. The van der Waals surface area contributed by atoms with Gasteiger partial charge in [0, 0.05) is 18.5 Å². The third-order valence-electron chi connectivity index (χ3n) is 4.26. The van der Waals surface area contributed by atoms with Crippen LogP contribution in [0.3, 0.4) is 0 Å². The number of para-hydroxylation sites is 1. The van der Waals surface area contributed by atoms with Gasteiger partial charge in [0.1, 0.15) is 11.6 Å². The van der Waals surface area contributed by atoms with Crippen LogP contribution in [0.5, 0.6) is 5.75 Å². The molecule has 1 aromatic carbocycles. The van der Waals surface area contributed by atoms with E-state index >= 15 is 0 Å². The molecule has 1 atom stereocenters. The maximum Gasteiger partial charge on any atom is 0.129 e. The van der Waals surface area contributed by atoms with Gasteiger partial charge in [-0.25, -0.2) is 0 Å². The fraction of sp³-hybridized carbons (Fsp3) is 0.438. The Bertz CT molecular complexity index is 629. The number of aromatic nitrogens is 2. The second-order valence-corrected chi connectivity index (χ2v) is 5.60. The highest BCUT2D eigenvalue weighted by atomic mass is 16.5. The first-order chi connectivity index (χ1) is 9.63. The zero-order chi connectivity index (χ0) is 14.3. The molecule has 1 heterocycles. The summed E-state index contributed by atoms with van der Waals surface area (Å²) in [4.78, 5) is 0. The molecule has 0 amide bonds. The number of hydrogen-bond donors (Lipinski definition) is 1. The number of nitrogens with zero attached hydrogens (tertiary/aromatic N) is 2. The first-order valence-electron chi connectivity index (χ1n) is 7.09. The maximum atomic E-state index is 6.26. The van der Waals surface area contributed by atoms with E-state index in [1.807, 2.05) is 25.2 Å². The lowest BCUT2D eigenvalue weighted by Gasteiger charge is -2.13. The Kier molecular flexibility index (Phi) is 3.16. The van der Waals surface area contributed by atoms with Crippen LogP contribution in [0.25, 0.3) is 11.1 Å². The molecule has 2 aromatic rings. The zero-order valence-corrected chi connectivity index (χ0v) is 12.3. The van der Waals surface area contributed by atoms with Crippen molar-refractivity contribution in [3.63, 3.8) is 0 Å². The third kappa shape index (κ3) is 2.05. The third-order valence-corrected chi connectivity index (χ3v) is 4.26. The molecule has 1 aliphatic carbocycles. The molecule has 1 unspecified atom stereocenters. The number of nitrogen functional groups attached to an aromatic ring is 1. The molecule has 1 aliphatic rings. The molecule has 0 spiro atoms. The Morgan fingerprint density at radius 1 is 1.35 bits per heavy atom. The summed E-state index contributed by atoms with van der Waals surface area (Å²) in [6, 6.07) is 8.00. The van der Waals surface area contributed by atoms with E-state index in [4.69, 9.17) is 10.5 Å². The summed E-state index contributed by atoms with van der Waals surface area (Å²) in [5.74, 6) is 2.74. The first kappa shape index (κ1) is 13.0. The lowest BCUT2D eigenvalue weighted by atomic mass is 9.94. The number of hydrogen-bond acceptors (Lipinski definition) is 3. The Hall–Kier alpha value is -1.97. The van der Waals surface area contributed by atoms with Crippen molar-refractivity contribution in [3.8, 4) is 16.9 Å². The van der Waals surface area contributed by atoms with Crippen LogP contribution in [0.4, 0.5) is 5.82 Å². The summed E-state index contributed by atoms with van der Waals surface area (Å²) in [6.45, 7) is 2.25. The molecule has 1 fully saturated rings. The van der Waals surface area contributed by atoms with Gasteiger partial charge < -0.3 is 10.5 Å². The van der Waals surface area contributed by atoms with E-state index in [2.05, 4.69) is 18.1 Å². The summed E-state index contributed by atoms with van der Waals surface area (Å²) in [7, 11) is 3.59. The molecule has 20 heavy (non-hydrogen) atoms. The van der Waals surface area contributed by atoms with E-state index in [-0.39, 0.29) is 0 Å². The van der Waals surface area contributed by atoms with Crippen molar-refractivity contribution in [2.45, 2.75) is 25.7 Å². The molecule has 2 N–H and O–H groups in total. The zero-order valence-electron chi connectivity index (χ0n) is 12.3. The minimum absolute atomic E-state index is 0.443. The van der Waals surface area contributed by atoms with E-state index in [9.17, 15) is 0 Å². The Morgan fingerprint density at radius 2 is 2.05 bits per heavy atom. The van der Waals surface area contributed by atoms with Crippen molar-refractivity contribution in [1.82, 2.24) is 9.78 Å². The van der Waals surface area contributed by atoms with Gasteiger partial charge in [0.05, 0.1) is 18.4 Å². The van der Waals surface area contributed by atoms with Crippen LogP contribution < -0.4 is 10.5 Å². The number of aryl methyl sites for hydroxylation is 1. The van der Waals surface area contributed by atoms with Crippen LogP contribution >= 0.6 is 0 Å². The lowest BCUT2D eigenvalue weighted by Crippen LogP contribution is -2.00. The maximum absolute atomic E-state index is 6.26. The van der Waals surface area contributed by atoms with Crippen molar-refractivity contribution < 1.29 is 4.74 Å². The molecule has 4 heteroatoms. The van der Waals surface area contributed by atoms with E-state index in [1.165, 1.54) is 12.8 Å². The predicted octanol–water partition coefficient (Wildman–Crippen LogP) is 3.19. The Labute approximate surface area is 119 Å². The average Bonchev–Trinajstić information content (AvgIpc) is 3.26. The smallest absolute Gasteiger partial charge is 0.129 e. The molecule has 1 aromatic heterocycles. The molecule has 4 nitrogen and oxygen atoms in total. The highest BCUT2D eigenvalue weighted by molar-refractivity contribution is 5.81. The standard InChI is InChI=1S/C16H21N3O/c1-10(11-8-9-11)15-14(16(17)19(2)18-15)12-6-4-5-7-13(12)20-3/h4-7,10-11H,8-9,17H2,1-3H3. The number of anilines is 1. The molecular weight excluding hydrogens is 250 g/mol. The van der Waals surface area contributed by atoms with Gasteiger partial charge in [-0.15, -0.1) is 0 Å². The predicted molar refractivity (Wildman–Crippen MR) is 80.7 cm³/mol. The minimum Gasteiger partial charge on any atom is -0.496 e. The van der Waals surface area contributed by atoms with E-state index in [0.717, 1.165) is 28.5 Å². The van der Waals surface area contributed by atoms with E-state index in [1.54, 1.807) is 11.8 Å². The summed E-state index contributed by atoms with van der Waals surface area (Å²) in [5, 5.41) is 4.66. The second kappa shape index (κ2) is 4.85. The van der Waals surface area contributed by atoms with E-state index in [0.29, 0.717) is 11.7 Å². The van der Waals surface area contributed by atoms with Crippen molar-refractivity contribution in [2.24, 2.45) is 13.0 Å². The number of nitrogens with two attached hydrogens (primary N) is 1. The SMILES string of the molecule is COc1ccccc1-c1c(C(C)C2CC2)nn(C)c1N. The monoisotopic (exact) mass is 271 g/mol. The number of methoxy groups -OCH3 is 1. The molecule has 0 aliphatic heterocycles. The molecule has 1 saturated carbocycles. The van der Waals surface area contributed by atoms with Crippen LogP contribution in [0.15, 0.2) is 24.3 Å². The fourth-order valence-electron chi connectivity index (χ4n) is 2.82. The highest BCUT2D eigenvalue weighted by Gasteiger charge is 2.33. The molecular formula is C16H21N3O. The van der Waals surface area contributed by atoms with Gasteiger partial charge >= 0.3 is 0 Å². The van der Waals surface area contributed by atoms with Gasteiger partial charge in [-0.2, -0.15) is 5.10 Å². The summed E-state index contributed by atoms with van der Waals surface area (Å²) >= 11 is 0. The number of ether oxygens (including phenoxy) is 1. The summed E-state index contributed by atoms with van der Waals surface area (Å²) < 4.78 is 7.26. The van der Waals surface area contributed by atoms with Gasteiger partial charge in [0.2, 0.25) is 0 Å². The van der Waals surface area contributed by atoms with Gasteiger partial charge in [0.25, 0.3) is 0 Å². The van der Waals surface area contributed by atoms with Crippen LogP contribution in [0, 0.1) is 5.92 Å². The van der Waals surface area contributed by atoms with Crippen LogP contribution in [-0.2, 0) is 7.05 Å². The summed E-state index contributed by atoms with van der Waals surface area (Å²) in [6.07, 6.45) is 2.59. The first-order valence-corrected chi connectivity index (χ1v) is 7.09. The normalized spacial score (nSPS) is 16.1. The number of benzene rings is 1. The van der Waals surface area contributed by atoms with Gasteiger partial charge in [-0.05, 0) is 24.8 Å². The molecule has 0 bridgehead atoms. The average molecular weight is 271 g/mol. The quantitative estimate of drug-likeness (QED) is 0.929. The van der Waals surface area contributed by atoms with Crippen LogP contribution in [-0.4, -0.2) is 16.9 Å². The largest absolute Gasteiger partial charge is 0.496 e. The number of rotatable bonds is 4. The Morgan fingerprint density at radius 3 is 2.70 bits per heavy atom. The van der Waals surface area contributed by atoms with Crippen molar-refractivity contribution in [3.05, 3.63) is 30.0 Å². The Balaban J connectivity index is 2.16. The topological polar surface area (TPSA) is 53.1 Å². The molecule has 0 saturated heterocycles. The molecule has 106 valence electrons. The lowest BCUT2D eigenvalue weighted by molar-refractivity contribution is 0.416. The fourth-order valence-corrected chi connectivity index (χ4v) is 2.82.